The lowest BCUT2D eigenvalue weighted by molar-refractivity contribution is 0.300. The zero-order chi connectivity index (χ0) is 11.3. The van der Waals surface area contributed by atoms with E-state index in [1.165, 1.54) is 0 Å². The number of rotatable bonds is 5. The number of nitrogens with two attached hydrogens (primary N) is 1. The van der Waals surface area contributed by atoms with Gasteiger partial charge in [-0.1, -0.05) is 6.07 Å². The van der Waals surface area contributed by atoms with Crippen LogP contribution in [0.15, 0.2) is 18.3 Å². The SMILES string of the molecule is COc1ncccc1CN(C)CC(C)N. The molecule has 1 rings (SSSR count). The van der Waals surface area contributed by atoms with Crippen LogP contribution in [0.5, 0.6) is 5.88 Å². The van der Waals surface area contributed by atoms with E-state index in [1.807, 2.05) is 26.1 Å². The summed E-state index contributed by atoms with van der Waals surface area (Å²) < 4.78 is 5.18. The molecule has 1 heterocycles. The lowest BCUT2D eigenvalue weighted by Gasteiger charge is -2.19. The van der Waals surface area contributed by atoms with Crippen LogP contribution in [0.4, 0.5) is 0 Å². The van der Waals surface area contributed by atoms with Gasteiger partial charge in [0.2, 0.25) is 5.88 Å². The van der Waals surface area contributed by atoms with Crippen LogP contribution in [-0.2, 0) is 6.54 Å². The number of pyridine rings is 1. The van der Waals surface area contributed by atoms with Crippen LogP contribution >= 0.6 is 0 Å². The standard InChI is InChI=1S/C11H19N3O/c1-9(12)7-14(2)8-10-5-4-6-13-11(10)15-3/h4-6,9H,7-8,12H2,1-3H3. The summed E-state index contributed by atoms with van der Waals surface area (Å²) in [5.41, 5.74) is 6.82. The molecule has 1 aromatic heterocycles. The van der Waals surface area contributed by atoms with Crippen molar-refractivity contribution in [1.82, 2.24) is 9.88 Å². The van der Waals surface area contributed by atoms with Crippen LogP contribution in [0.1, 0.15) is 12.5 Å². The second kappa shape index (κ2) is 5.68. The highest BCUT2D eigenvalue weighted by atomic mass is 16.5. The summed E-state index contributed by atoms with van der Waals surface area (Å²) in [7, 11) is 3.67. The van der Waals surface area contributed by atoms with Crippen molar-refractivity contribution in [3.63, 3.8) is 0 Å². The highest BCUT2D eigenvalue weighted by Crippen LogP contribution is 2.15. The van der Waals surface area contributed by atoms with Gasteiger partial charge in [-0.25, -0.2) is 4.98 Å². The van der Waals surface area contributed by atoms with Crippen molar-refractivity contribution in [1.29, 1.82) is 0 Å². The molecule has 0 amide bonds. The number of hydrogen-bond donors (Lipinski definition) is 1. The summed E-state index contributed by atoms with van der Waals surface area (Å²) in [4.78, 5) is 6.31. The monoisotopic (exact) mass is 209 g/mol. The summed E-state index contributed by atoms with van der Waals surface area (Å²) in [6, 6.07) is 4.11. The fraction of sp³-hybridized carbons (Fsp3) is 0.545. The number of likely N-dealkylation sites (N-methyl/N-ethyl adjacent to an activating group) is 1. The Balaban J connectivity index is 2.63. The van der Waals surface area contributed by atoms with Crippen molar-refractivity contribution in [2.45, 2.75) is 19.5 Å². The van der Waals surface area contributed by atoms with Crippen molar-refractivity contribution in [3.8, 4) is 5.88 Å². The third kappa shape index (κ3) is 3.85. The second-order valence-electron chi connectivity index (χ2n) is 3.85. The summed E-state index contributed by atoms with van der Waals surface area (Å²) in [6.45, 7) is 3.66. The molecule has 0 aliphatic rings. The van der Waals surface area contributed by atoms with E-state index in [-0.39, 0.29) is 6.04 Å². The zero-order valence-electron chi connectivity index (χ0n) is 9.60. The van der Waals surface area contributed by atoms with E-state index in [0.717, 1.165) is 18.7 Å². The molecule has 0 spiro atoms. The third-order valence-electron chi connectivity index (χ3n) is 2.08. The first-order valence-electron chi connectivity index (χ1n) is 5.05. The molecule has 4 nitrogen and oxygen atoms in total. The fourth-order valence-corrected chi connectivity index (χ4v) is 1.58. The van der Waals surface area contributed by atoms with E-state index < -0.39 is 0 Å². The number of methoxy groups -OCH3 is 1. The molecule has 84 valence electrons. The lowest BCUT2D eigenvalue weighted by atomic mass is 10.2. The van der Waals surface area contributed by atoms with Gasteiger partial charge in [-0.15, -0.1) is 0 Å². The van der Waals surface area contributed by atoms with Gasteiger partial charge in [0.1, 0.15) is 0 Å². The van der Waals surface area contributed by atoms with Gasteiger partial charge in [-0.05, 0) is 20.0 Å². The predicted molar refractivity (Wildman–Crippen MR) is 60.8 cm³/mol. The van der Waals surface area contributed by atoms with Gasteiger partial charge in [-0.2, -0.15) is 0 Å². The Hall–Kier alpha value is -1.13. The maximum Gasteiger partial charge on any atom is 0.217 e. The average molecular weight is 209 g/mol. The van der Waals surface area contributed by atoms with Crippen LogP contribution < -0.4 is 10.5 Å². The van der Waals surface area contributed by atoms with Crippen LogP contribution in [-0.4, -0.2) is 36.6 Å². The molecule has 1 unspecified atom stereocenters. The highest BCUT2D eigenvalue weighted by Gasteiger charge is 2.07. The zero-order valence-corrected chi connectivity index (χ0v) is 9.60. The van der Waals surface area contributed by atoms with E-state index in [9.17, 15) is 0 Å². The molecule has 0 fully saturated rings. The molecule has 0 aliphatic heterocycles. The number of hydrogen-bond acceptors (Lipinski definition) is 4. The fourth-order valence-electron chi connectivity index (χ4n) is 1.58. The average Bonchev–Trinajstić information content (AvgIpc) is 2.17. The van der Waals surface area contributed by atoms with E-state index in [2.05, 4.69) is 9.88 Å². The summed E-state index contributed by atoms with van der Waals surface area (Å²) in [5, 5.41) is 0. The Bertz CT molecular complexity index is 302. The van der Waals surface area contributed by atoms with Gasteiger partial charge in [-0.3, -0.25) is 0 Å². The van der Waals surface area contributed by atoms with Crippen molar-refractivity contribution < 1.29 is 4.74 Å². The topological polar surface area (TPSA) is 51.4 Å². The first-order chi connectivity index (χ1) is 7.13. The van der Waals surface area contributed by atoms with Gasteiger partial charge >= 0.3 is 0 Å². The molecular formula is C11H19N3O. The minimum Gasteiger partial charge on any atom is -0.481 e. The van der Waals surface area contributed by atoms with Crippen molar-refractivity contribution >= 4 is 0 Å². The smallest absolute Gasteiger partial charge is 0.217 e. The maximum absolute atomic E-state index is 5.73. The van der Waals surface area contributed by atoms with Crippen molar-refractivity contribution in [3.05, 3.63) is 23.9 Å². The maximum atomic E-state index is 5.73. The van der Waals surface area contributed by atoms with Gasteiger partial charge in [0, 0.05) is 30.9 Å². The van der Waals surface area contributed by atoms with Gasteiger partial charge in [0.15, 0.2) is 0 Å². The molecule has 1 aromatic rings. The van der Waals surface area contributed by atoms with Gasteiger partial charge < -0.3 is 15.4 Å². The molecular weight excluding hydrogens is 190 g/mol. The van der Waals surface area contributed by atoms with Gasteiger partial charge in [0.05, 0.1) is 7.11 Å². The van der Waals surface area contributed by atoms with Crippen LogP contribution in [0, 0.1) is 0 Å². The summed E-state index contributed by atoms with van der Waals surface area (Å²) in [5.74, 6) is 0.689. The van der Waals surface area contributed by atoms with Crippen LogP contribution in [0.25, 0.3) is 0 Å². The highest BCUT2D eigenvalue weighted by molar-refractivity contribution is 5.25. The Morgan fingerprint density at radius 3 is 2.93 bits per heavy atom. The molecule has 0 aliphatic carbocycles. The van der Waals surface area contributed by atoms with Crippen molar-refractivity contribution in [2.75, 3.05) is 20.7 Å². The number of ether oxygens (including phenoxy) is 1. The Labute approximate surface area is 91.1 Å². The van der Waals surface area contributed by atoms with E-state index in [4.69, 9.17) is 10.5 Å². The normalized spacial score (nSPS) is 12.9. The minimum absolute atomic E-state index is 0.178. The molecule has 0 saturated heterocycles. The Morgan fingerprint density at radius 2 is 2.33 bits per heavy atom. The van der Waals surface area contributed by atoms with Gasteiger partial charge in [0.25, 0.3) is 0 Å². The molecule has 15 heavy (non-hydrogen) atoms. The van der Waals surface area contributed by atoms with Crippen LogP contribution in [0.3, 0.4) is 0 Å². The summed E-state index contributed by atoms with van der Waals surface area (Å²) >= 11 is 0. The first-order valence-corrected chi connectivity index (χ1v) is 5.05. The number of nitrogens with zero attached hydrogens (tertiary/aromatic N) is 2. The lowest BCUT2D eigenvalue weighted by Crippen LogP contribution is -2.32. The minimum atomic E-state index is 0.178. The molecule has 1 atom stereocenters. The second-order valence-corrected chi connectivity index (χ2v) is 3.85. The quantitative estimate of drug-likeness (QED) is 0.781. The Morgan fingerprint density at radius 1 is 1.60 bits per heavy atom. The van der Waals surface area contributed by atoms with Crippen molar-refractivity contribution in [2.24, 2.45) is 5.73 Å². The predicted octanol–water partition coefficient (Wildman–Crippen LogP) is 0.869. The van der Waals surface area contributed by atoms with E-state index >= 15 is 0 Å². The molecule has 0 saturated carbocycles. The van der Waals surface area contributed by atoms with Crippen LogP contribution in [0.2, 0.25) is 0 Å². The molecule has 0 aromatic carbocycles. The third-order valence-corrected chi connectivity index (χ3v) is 2.08. The number of aromatic nitrogens is 1. The van der Waals surface area contributed by atoms with E-state index in [1.54, 1.807) is 13.3 Å². The Kier molecular flexibility index (Phi) is 4.52. The molecule has 0 radical (unpaired) electrons. The molecule has 0 bridgehead atoms. The largest absolute Gasteiger partial charge is 0.481 e. The first kappa shape index (κ1) is 11.9. The molecule has 2 N–H and O–H groups in total. The van der Waals surface area contributed by atoms with E-state index in [0.29, 0.717) is 5.88 Å². The molecule has 4 heteroatoms. The summed E-state index contributed by atoms with van der Waals surface area (Å²) in [6.07, 6.45) is 1.73.